The van der Waals surface area contributed by atoms with Crippen LogP contribution < -0.4 is 5.56 Å². The van der Waals surface area contributed by atoms with E-state index >= 15 is 0 Å². The van der Waals surface area contributed by atoms with E-state index in [0.717, 1.165) is 16.8 Å². The van der Waals surface area contributed by atoms with Crippen molar-refractivity contribution in [2.45, 2.75) is 25.6 Å². The predicted molar refractivity (Wildman–Crippen MR) is 79.7 cm³/mol. The first-order valence-corrected chi connectivity index (χ1v) is 7.06. The number of halogens is 3. The van der Waals surface area contributed by atoms with Gasteiger partial charge in [0.05, 0.1) is 19.2 Å². The van der Waals surface area contributed by atoms with Crippen molar-refractivity contribution in [2.24, 2.45) is 0 Å². The van der Waals surface area contributed by atoms with Crippen molar-refractivity contribution in [2.75, 3.05) is 7.11 Å². The molecule has 5 nitrogen and oxygen atoms in total. The summed E-state index contributed by atoms with van der Waals surface area (Å²) in [4.78, 5) is 23.3. The molecule has 0 aliphatic carbocycles. The van der Waals surface area contributed by atoms with E-state index in [1.54, 1.807) is 6.92 Å². The zero-order valence-electron chi connectivity index (χ0n) is 13.0. The number of hydrogen-bond acceptors (Lipinski definition) is 4. The number of carbonyl (C=O) groups is 1. The van der Waals surface area contributed by atoms with Crippen LogP contribution >= 0.6 is 0 Å². The third-order valence-electron chi connectivity index (χ3n) is 3.51. The summed E-state index contributed by atoms with van der Waals surface area (Å²) in [6.45, 7) is 1.87. The van der Waals surface area contributed by atoms with Crippen LogP contribution in [0.15, 0.2) is 41.2 Å². The lowest BCUT2D eigenvalue weighted by Gasteiger charge is -2.14. The lowest BCUT2D eigenvalue weighted by atomic mass is 10.00. The van der Waals surface area contributed by atoms with E-state index in [2.05, 4.69) is 9.84 Å². The van der Waals surface area contributed by atoms with Crippen LogP contribution in [0, 0.1) is 0 Å². The van der Waals surface area contributed by atoms with Gasteiger partial charge in [0.25, 0.3) is 5.56 Å². The summed E-state index contributed by atoms with van der Waals surface area (Å²) in [5, 5.41) is 3.91. The van der Waals surface area contributed by atoms with Crippen LogP contribution in [0.3, 0.4) is 0 Å². The van der Waals surface area contributed by atoms with Gasteiger partial charge in [0, 0.05) is 12.0 Å². The number of nitrogens with zero attached hydrogens (tertiary/aromatic N) is 2. The normalized spacial score (nSPS) is 12.7. The first-order chi connectivity index (χ1) is 11.2. The Labute approximate surface area is 135 Å². The number of esters is 1. The number of ether oxygens (including phenoxy) is 1. The summed E-state index contributed by atoms with van der Waals surface area (Å²) in [6, 6.07) is 7.16. The van der Waals surface area contributed by atoms with Gasteiger partial charge < -0.3 is 4.74 Å². The highest BCUT2D eigenvalue weighted by atomic mass is 19.4. The quantitative estimate of drug-likeness (QED) is 0.803. The highest BCUT2D eigenvalue weighted by Gasteiger charge is 2.30. The highest BCUT2D eigenvalue weighted by molar-refractivity contribution is 5.86. The largest absolute Gasteiger partial charge is 0.464 e. The Kier molecular flexibility index (Phi) is 5.06. The molecule has 2 aromatic rings. The summed E-state index contributed by atoms with van der Waals surface area (Å²) in [6.07, 6.45) is -4.39. The average Bonchev–Trinajstić information content (AvgIpc) is 2.55. The minimum absolute atomic E-state index is 0.0169. The molecule has 0 N–H and O–H groups in total. The topological polar surface area (TPSA) is 61.2 Å². The van der Waals surface area contributed by atoms with Gasteiger partial charge >= 0.3 is 12.1 Å². The molecule has 24 heavy (non-hydrogen) atoms. The molecule has 0 radical (unpaired) electrons. The van der Waals surface area contributed by atoms with Crippen LogP contribution in [-0.4, -0.2) is 22.9 Å². The first-order valence-electron chi connectivity index (χ1n) is 7.06. The van der Waals surface area contributed by atoms with Crippen LogP contribution in [0.4, 0.5) is 13.2 Å². The first kappa shape index (κ1) is 17.7. The number of hydrogen-bond donors (Lipinski definition) is 0. The number of rotatable bonds is 4. The number of benzene rings is 1. The Morgan fingerprint density at radius 3 is 2.38 bits per heavy atom. The van der Waals surface area contributed by atoms with Gasteiger partial charge in [0.1, 0.15) is 0 Å². The van der Waals surface area contributed by atoms with Gasteiger partial charge in [-0.1, -0.05) is 19.1 Å². The van der Waals surface area contributed by atoms with Gasteiger partial charge in [-0.15, -0.1) is 0 Å². The van der Waals surface area contributed by atoms with E-state index in [1.165, 1.54) is 31.4 Å². The fraction of sp³-hybridized carbons (Fsp3) is 0.312. The SMILES string of the molecule is COC(=O)c1ccc(=O)n(CC(C)c2ccc(C(F)(F)F)cc2)n1. The fourth-order valence-corrected chi connectivity index (χ4v) is 2.16. The lowest BCUT2D eigenvalue weighted by Crippen LogP contribution is -2.26. The van der Waals surface area contributed by atoms with E-state index in [1.807, 2.05) is 0 Å². The standard InChI is InChI=1S/C16H15F3N2O3/c1-10(11-3-5-12(6-4-11)16(17,18)19)9-21-14(22)8-7-13(20-21)15(23)24-2/h3-8,10H,9H2,1-2H3. The van der Waals surface area contributed by atoms with Crippen LogP contribution in [0.5, 0.6) is 0 Å². The van der Waals surface area contributed by atoms with Crippen molar-refractivity contribution < 1.29 is 22.7 Å². The molecule has 1 atom stereocenters. The van der Waals surface area contributed by atoms with E-state index in [9.17, 15) is 22.8 Å². The monoisotopic (exact) mass is 340 g/mol. The second kappa shape index (κ2) is 6.86. The molecule has 1 heterocycles. The molecule has 128 valence electrons. The van der Waals surface area contributed by atoms with E-state index < -0.39 is 23.3 Å². The molecule has 0 fully saturated rings. The van der Waals surface area contributed by atoms with Crippen molar-refractivity contribution in [3.8, 4) is 0 Å². The summed E-state index contributed by atoms with van der Waals surface area (Å²) in [7, 11) is 1.20. The predicted octanol–water partition coefficient (Wildman–Crippen LogP) is 2.85. The molecule has 0 bridgehead atoms. The van der Waals surface area contributed by atoms with Crippen molar-refractivity contribution >= 4 is 5.97 Å². The minimum atomic E-state index is -4.39. The molecule has 0 spiro atoms. The van der Waals surface area contributed by atoms with E-state index in [-0.39, 0.29) is 18.2 Å². The highest BCUT2D eigenvalue weighted by Crippen LogP contribution is 2.30. The molecule has 1 aromatic carbocycles. The second-order valence-electron chi connectivity index (χ2n) is 5.25. The average molecular weight is 340 g/mol. The lowest BCUT2D eigenvalue weighted by molar-refractivity contribution is -0.137. The van der Waals surface area contributed by atoms with Crippen molar-refractivity contribution in [1.29, 1.82) is 0 Å². The van der Waals surface area contributed by atoms with Crippen molar-refractivity contribution in [3.05, 3.63) is 63.6 Å². The Morgan fingerprint density at radius 2 is 1.83 bits per heavy atom. The molecule has 1 aromatic heterocycles. The Bertz CT molecular complexity index is 782. The Morgan fingerprint density at radius 1 is 1.21 bits per heavy atom. The van der Waals surface area contributed by atoms with Gasteiger partial charge in [0.15, 0.2) is 5.69 Å². The zero-order chi connectivity index (χ0) is 17.9. The van der Waals surface area contributed by atoms with Gasteiger partial charge in [-0.3, -0.25) is 4.79 Å². The Balaban J connectivity index is 2.22. The Hall–Kier alpha value is -2.64. The van der Waals surface area contributed by atoms with Crippen LogP contribution in [0.1, 0.15) is 34.5 Å². The van der Waals surface area contributed by atoms with Crippen LogP contribution in [-0.2, 0) is 17.5 Å². The summed E-state index contributed by atoms with van der Waals surface area (Å²) in [5.41, 5.74) is -0.542. The van der Waals surface area contributed by atoms with E-state index in [4.69, 9.17) is 0 Å². The van der Waals surface area contributed by atoms with Crippen molar-refractivity contribution in [3.63, 3.8) is 0 Å². The van der Waals surface area contributed by atoms with Gasteiger partial charge in [-0.05, 0) is 23.8 Å². The summed E-state index contributed by atoms with van der Waals surface area (Å²) in [5.74, 6) is -0.948. The van der Waals surface area contributed by atoms with Crippen LogP contribution in [0.25, 0.3) is 0 Å². The molecule has 0 aliphatic rings. The molecule has 1 unspecified atom stereocenters. The number of alkyl halides is 3. The number of aromatic nitrogens is 2. The maximum atomic E-state index is 12.6. The molecule has 0 saturated carbocycles. The third kappa shape index (κ3) is 4.01. The summed E-state index contributed by atoms with van der Waals surface area (Å²) < 4.78 is 43.4. The third-order valence-corrected chi connectivity index (χ3v) is 3.51. The molecule has 0 saturated heterocycles. The summed E-state index contributed by atoms with van der Waals surface area (Å²) >= 11 is 0. The van der Waals surface area contributed by atoms with Gasteiger partial charge in [0.2, 0.25) is 0 Å². The second-order valence-corrected chi connectivity index (χ2v) is 5.25. The maximum Gasteiger partial charge on any atom is 0.416 e. The molecule has 0 amide bonds. The van der Waals surface area contributed by atoms with E-state index in [0.29, 0.717) is 5.56 Å². The van der Waals surface area contributed by atoms with Gasteiger partial charge in [-0.2, -0.15) is 18.3 Å². The fourth-order valence-electron chi connectivity index (χ4n) is 2.16. The van der Waals surface area contributed by atoms with Crippen LogP contribution in [0.2, 0.25) is 0 Å². The number of methoxy groups -OCH3 is 1. The van der Waals surface area contributed by atoms with Gasteiger partial charge in [-0.25, -0.2) is 9.48 Å². The van der Waals surface area contributed by atoms with Crippen molar-refractivity contribution in [1.82, 2.24) is 9.78 Å². The molecule has 2 rings (SSSR count). The zero-order valence-corrected chi connectivity index (χ0v) is 13.0. The minimum Gasteiger partial charge on any atom is -0.464 e. The maximum absolute atomic E-state index is 12.6. The molecule has 0 aliphatic heterocycles. The molecular weight excluding hydrogens is 325 g/mol. The number of carbonyl (C=O) groups excluding carboxylic acids is 1. The smallest absolute Gasteiger partial charge is 0.416 e. The molecular formula is C16H15F3N2O3. The molecule has 8 heteroatoms.